The lowest BCUT2D eigenvalue weighted by molar-refractivity contribution is 0.127. The van der Waals surface area contributed by atoms with Crippen molar-refractivity contribution in [2.24, 2.45) is 0 Å². The van der Waals surface area contributed by atoms with Gasteiger partial charge < -0.3 is 10.1 Å². The Bertz CT molecular complexity index is 489. The second-order valence-electron chi connectivity index (χ2n) is 3.78. The zero-order valence-electron chi connectivity index (χ0n) is 10.1. The van der Waals surface area contributed by atoms with E-state index in [2.05, 4.69) is 15.3 Å². The molecule has 2 rings (SSSR count). The van der Waals surface area contributed by atoms with Gasteiger partial charge in [0.25, 0.3) is 0 Å². The van der Waals surface area contributed by atoms with Gasteiger partial charge in [-0.2, -0.15) is 8.78 Å². The van der Waals surface area contributed by atoms with Gasteiger partial charge in [0.2, 0.25) is 11.9 Å². The van der Waals surface area contributed by atoms with Crippen LogP contribution in [0.25, 0.3) is 0 Å². The van der Waals surface area contributed by atoms with Crippen molar-refractivity contribution in [1.29, 1.82) is 0 Å². The van der Waals surface area contributed by atoms with Crippen molar-refractivity contribution in [3.05, 3.63) is 54.0 Å². The van der Waals surface area contributed by atoms with Gasteiger partial charge in [0.05, 0.1) is 18.9 Å². The summed E-state index contributed by atoms with van der Waals surface area (Å²) >= 11 is 0. The summed E-state index contributed by atoms with van der Waals surface area (Å²) in [6.07, 6.45) is 0. The van der Waals surface area contributed by atoms with E-state index in [0.29, 0.717) is 24.7 Å². The summed E-state index contributed by atoms with van der Waals surface area (Å²) in [6.45, 7) is 1.10. The van der Waals surface area contributed by atoms with Crippen LogP contribution in [0.2, 0.25) is 0 Å². The molecule has 2 aromatic heterocycles. The second kappa shape index (κ2) is 6.75. The fraction of sp³-hybridized carbons (Fsp3) is 0.231. The van der Waals surface area contributed by atoms with E-state index in [9.17, 15) is 8.78 Å². The van der Waals surface area contributed by atoms with Crippen LogP contribution in [0, 0.1) is 11.9 Å². The molecule has 0 aliphatic rings. The van der Waals surface area contributed by atoms with E-state index >= 15 is 0 Å². The lowest BCUT2D eigenvalue weighted by Crippen LogP contribution is -2.11. The number of ether oxygens (including phenoxy) is 1. The van der Waals surface area contributed by atoms with Gasteiger partial charge >= 0.3 is 0 Å². The molecule has 0 bridgehead atoms. The maximum Gasteiger partial charge on any atom is 0.214 e. The highest BCUT2D eigenvalue weighted by Crippen LogP contribution is 2.03. The van der Waals surface area contributed by atoms with E-state index in [4.69, 9.17) is 4.74 Å². The van der Waals surface area contributed by atoms with Crippen LogP contribution in [0.5, 0.6) is 0 Å². The number of nitrogens with one attached hydrogen (secondary N) is 1. The normalized spacial score (nSPS) is 10.4. The fourth-order valence-electron chi connectivity index (χ4n) is 1.47. The molecule has 2 aromatic rings. The van der Waals surface area contributed by atoms with Gasteiger partial charge in [-0.1, -0.05) is 12.1 Å². The zero-order valence-corrected chi connectivity index (χ0v) is 10.1. The SMILES string of the molecule is Fc1cccc(COCCNc2cccc(F)n2)n1. The summed E-state index contributed by atoms with van der Waals surface area (Å²) in [5.41, 5.74) is 0.531. The molecule has 6 heteroatoms. The lowest BCUT2D eigenvalue weighted by Gasteiger charge is -2.06. The Morgan fingerprint density at radius 3 is 2.47 bits per heavy atom. The number of hydrogen-bond donors (Lipinski definition) is 1. The largest absolute Gasteiger partial charge is 0.373 e. The van der Waals surface area contributed by atoms with Crippen molar-refractivity contribution in [3.63, 3.8) is 0 Å². The average Bonchev–Trinajstić information content (AvgIpc) is 2.38. The topological polar surface area (TPSA) is 47.0 Å². The van der Waals surface area contributed by atoms with Crippen molar-refractivity contribution < 1.29 is 13.5 Å². The molecule has 0 saturated heterocycles. The predicted octanol–water partition coefficient (Wildman–Crippen LogP) is 2.38. The quantitative estimate of drug-likeness (QED) is 0.643. The Kier molecular flexibility index (Phi) is 4.74. The maximum absolute atomic E-state index is 12.8. The van der Waals surface area contributed by atoms with Crippen molar-refractivity contribution in [2.75, 3.05) is 18.5 Å². The number of hydrogen-bond acceptors (Lipinski definition) is 4. The molecule has 100 valence electrons. The minimum Gasteiger partial charge on any atom is -0.373 e. The molecule has 0 fully saturated rings. The maximum atomic E-state index is 12.8. The smallest absolute Gasteiger partial charge is 0.214 e. The van der Waals surface area contributed by atoms with E-state index in [0.717, 1.165) is 0 Å². The summed E-state index contributed by atoms with van der Waals surface area (Å²) < 4.78 is 30.9. The Balaban J connectivity index is 1.67. The van der Waals surface area contributed by atoms with Crippen LogP contribution < -0.4 is 5.32 Å². The van der Waals surface area contributed by atoms with Crippen LogP contribution in [0.1, 0.15) is 5.69 Å². The molecular formula is C13H13F2N3O. The summed E-state index contributed by atoms with van der Waals surface area (Å²) in [4.78, 5) is 7.31. The number of anilines is 1. The number of aromatic nitrogens is 2. The van der Waals surface area contributed by atoms with E-state index in [1.54, 1.807) is 24.3 Å². The molecule has 0 aliphatic carbocycles. The Labute approximate surface area is 109 Å². The van der Waals surface area contributed by atoms with Crippen LogP contribution in [0.4, 0.5) is 14.6 Å². The standard InChI is InChI=1S/C13H13F2N3O/c14-11-4-1-3-10(17-11)9-19-8-7-16-13-6-2-5-12(15)18-13/h1-6H,7-9H2,(H,16,18). The molecule has 0 aromatic carbocycles. The van der Waals surface area contributed by atoms with E-state index in [1.807, 2.05) is 0 Å². The van der Waals surface area contributed by atoms with Crippen LogP contribution in [0.3, 0.4) is 0 Å². The fourth-order valence-corrected chi connectivity index (χ4v) is 1.47. The van der Waals surface area contributed by atoms with E-state index in [-0.39, 0.29) is 6.61 Å². The first kappa shape index (κ1) is 13.4. The van der Waals surface area contributed by atoms with Gasteiger partial charge in [-0.15, -0.1) is 0 Å². The summed E-state index contributed by atoms with van der Waals surface area (Å²) in [5, 5.41) is 2.91. The molecule has 0 aliphatic heterocycles. The number of pyridine rings is 2. The van der Waals surface area contributed by atoms with Gasteiger partial charge in [-0.05, 0) is 24.3 Å². The third-order valence-corrected chi connectivity index (χ3v) is 2.29. The highest BCUT2D eigenvalue weighted by Gasteiger charge is 1.98. The number of halogens is 2. The van der Waals surface area contributed by atoms with Crippen LogP contribution in [-0.2, 0) is 11.3 Å². The first-order valence-corrected chi connectivity index (χ1v) is 5.79. The number of nitrogens with zero attached hydrogens (tertiary/aromatic N) is 2. The first-order valence-electron chi connectivity index (χ1n) is 5.79. The third-order valence-electron chi connectivity index (χ3n) is 2.29. The average molecular weight is 265 g/mol. The highest BCUT2D eigenvalue weighted by atomic mass is 19.1. The lowest BCUT2D eigenvalue weighted by atomic mass is 10.4. The minimum atomic E-state index is -0.533. The first-order chi connectivity index (χ1) is 9.24. The zero-order chi connectivity index (χ0) is 13.5. The second-order valence-corrected chi connectivity index (χ2v) is 3.78. The van der Waals surface area contributed by atoms with Gasteiger partial charge in [-0.3, -0.25) is 0 Å². The molecule has 4 nitrogen and oxygen atoms in total. The number of rotatable bonds is 6. The Hall–Kier alpha value is -2.08. The Morgan fingerprint density at radius 2 is 1.74 bits per heavy atom. The van der Waals surface area contributed by atoms with Gasteiger partial charge in [0.15, 0.2) is 0 Å². The molecule has 0 amide bonds. The van der Waals surface area contributed by atoms with Gasteiger partial charge in [-0.25, -0.2) is 9.97 Å². The predicted molar refractivity (Wildman–Crippen MR) is 66.5 cm³/mol. The molecular weight excluding hydrogens is 252 g/mol. The third kappa shape index (κ3) is 4.59. The van der Waals surface area contributed by atoms with Crippen LogP contribution >= 0.6 is 0 Å². The van der Waals surface area contributed by atoms with E-state index in [1.165, 1.54) is 12.1 Å². The molecule has 2 heterocycles. The molecule has 1 N–H and O–H groups in total. The summed E-state index contributed by atoms with van der Waals surface area (Å²) in [5.74, 6) is -0.606. The molecule has 0 radical (unpaired) electrons. The monoisotopic (exact) mass is 265 g/mol. The van der Waals surface area contributed by atoms with Gasteiger partial charge in [0.1, 0.15) is 5.82 Å². The highest BCUT2D eigenvalue weighted by molar-refractivity contribution is 5.33. The van der Waals surface area contributed by atoms with Crippen molar-refractivity contribution in [3.8, 4) is 0 Å². The summed E-state index contributed by atoms with van der Waals surface area (Å²) in [6, 6.07) is 9.05. The van der Waals surface area contributed by atoms with E-state index < -0.39 is 11.9 Å². The molecule has 0 saturated carbocycles. The Morgan fingerprint density at radius 1 is 1.00 bits per heavy atom. The van der Waals surface area contributed by atoms with Crippen LogP contribution in [-0.4, -0.2) is 23.1 Å². The van der Waals surface area contributed by atoms with Crippen molar-refractivity contribution >= 4 is 5.82 Å². The molecule has 0 unspecified atom stereocenters. The molecule has 0 atom stereocenters. The van der Waals surface area contributed by atoms with Crippen molar-refractivity contribution in [2.45, 2.75) is 6.61 Å². The minimum absolute atomic E-state index is 0.232. The van der Waals surface area contributed by atoms with Gasteiger partial charge in [0, 0.05) is 6.54 Å². The molecule has 0 spiro atoms. The summed E-state index contributed by atoms with van der Waals surface area (Å²) in [7, 11) is 0. The molecule has 19 heavy (non-hydrogen) atoms. The van der Waals surface area contributed by atoms with Crippen molar-refractivity contribution in [1.82, 2.24) is 9.97 Å². The van der Waals surface area contributed by atoms with Crippen LogP contribution in [0.15, 0.2) is 36.4 Å².